The van der Waals surface area contributed by atoms with E-state index in [0.29, 0.717) is 21.7 Å². The van der Waals surface area contributed by atoms with E-state index in [9.17, 15) is 4.79 Å². The van der Waals surface area contributed by atoms with E-state index in [1.165, 1.54) is 116 Å². The molecule has 6 fully saturated rings. The Morgan fingerprint density at radius 1 is 0.579 bits per heavy atom. The van der Waals surface area contributed by atoms with Gasteiger partial charge in [0.2, 0.25) is 0 Å². The zero-order valence-electron chi connectivity index (χ0n) is 39.1. The van der Waals surface area contributed by atoms with Crippen LogP contribution in [0.5, 0.6) is 0 Å². The summed E-state index contributed by atoms with van der Waals surface area (Å²) in [5.41, 5.74) is 4.98. The fraction of sp³-hybridized carbons (Fsp3) is 0.909. The van der Waals surface area contributed by atoms with Crippen LogP contribution < -0.4 is 0 Å². The molecule has 0 radical (unpaired) electrons. The predicted octanol–water partition coefficient (Wildman–Crippen LogP) is 15.6. The van der Waals surface area contributed by atoms with Crippen molar-refractivity contribution < 1.29 is 9.53 Å². The minimum absolute atomic E-state index is 0.0643. The summed E-state index contributed by atoms with van der Waals surface area (Å²) in [4.78, 5) is 14.1. The molecule has 8 aliphatic carbocycles. The summed E-state index contributed by atoms with van der Waals surface area (Å²) in [5, 5.41) is 0. The minimum Gasteiger partial charge on any atom is -0.462 e. The van der Waals surface area contributed by atoms with Crippen LogP contribution in [0, 0.1) is 98.6 Å². The van der Waals surface area contributed by atoms with Crippen LogP contribution in [0.4, 0.5) is 0 Å². The molecule has 8 rings (SSSR count). The van der Waals surface area contributed by atoms with Crippen molar-refractivity contribution in [1.82, 2.24) is 0 Å². The topological polar surface area (TPSA) is 26.3 Å². The largest absolute Gasteiger partial charge is 0.462 e. The molecule has 8 aliphatic rings. The highest BCUT2D eigenvalue weighted by atomic mass is 16.5. The fourth-order valence-corrected chi connectivity index (χ4v) is 17.9. The Balaban J connectivity index is 0.863. The Labute approximate surface area is 352 Å². The van der Waals surface area contributed by atoms with E-state index in [2.05, 4.69) is 81.4 Å². The van der Waals surface area contributed by atoms with Gasteiger partial charge in [-0.15, -0.1) is 0 Å². The molecule has 0 saturated heterocycles. The molecule has 16 atom stereocenters. The molecule has 0 spiro atoms. The van der Waals surface area contributed by atoms with Gasteiger partial charge in [0.05, 0.1) is 5.92 Å². The lowest BCUT2D eigenvalue weighted by Crippen LogP contribution is -2.51. The van der Waals surface area contributed by atoms with Crippen LogP contribution in [0.2, 0.25) is 0 Å². The highest BCUT2D eigenvalue weighted by Gasteiger charge is 2.61. The van der Waals surface area contributed by atoms with Gasteiger partial charge in [-0.1, -0.05) is 131 Å². The van der Waals surface area contributed by atoms with E-state index >= 15 is 0 Å². The van der Waals surface area contributed by atoms with Crippen LogP contribution >= 0.6 is 0 Å². The van der Waals surface area contributed by atoms with E-state index in [1.807, 2.05) is 0 Å². The normalized spacial score (nSPS) is 46.1. The molecule has 0 unspecified atom stereocenters. The summed E-state index contributed by atoms with van der Waals surface area (Å²) < 4.78 is 6.59. The van der Waals surface area contributed by atoms with Crippen molar-refractivity contribution in [2.75, 3.05) is 0 Å². The lowest BCUT2D eigenvalue weighted by Gasteiger charge is -2.59. The first kappa shape index (κ1) is 42.6. The lowest BCUT2D eigenvalue weighted by molar-refractivity contribution is -0.158. The van der Waals surface area contributed by atoms with Crippen LogP contribution in [0.1, 0.15) is 210 Å². The van der Waals surface area contributed by atoms with Gasteiger partial charge in [0.25, 0.3) is 0 Å². The van der Waals surface area contributed by atoms with Gasteiger partial charge in [0, 0.05) is 6.42 Å². The van der Waals surface area contributed by atoms with Crippen molar-refractivity contribution >= 4 is 5.97 Å². The summed E-state index contributed by atoms with van der Waals surface area (Å²) >= 11 is 0. The Kier molecular flexibility index (Phi) is 12.2. The summed E-state index contributed by atoms with van der Waals surface area (Å²) in [6.07, 6.45) is 34.5. The van der Waals surface area contributed by atoms with Gasteiger partial charge in [-0.3, -0.25) is 4.79 Å². The third kappa shape index (κ3) is 7.54. The fourth-order valence-electron chi connectivity index (χ4n) is 17.9. The number of esters is 1. The first-order valence-electron chi connectivity index (χ1n) is 25.7. The first-order valence-corrected chi connectivity index (χ1v) is 25.7. The van der Waals surface area contributed by atoms with Crippen molar-refractivity contribution in [3.8, 4) is 0 Å². The van der Waals surface area contributed by atoms with Gasteiger partial charge < -0.3 is 4.74 Å². The van der Waals surface area contributed by atoms with Crippen LogP contribution in [0.25, 0.3) is 0 Å². The number of allylic oxidation sites excluding steroid dienone is 3. The van der Waals surface area contributed by atoms with Crippen LogP contribution in [-0.2, 0) is 9.53 Å². The average molecular weight is 783 g/mol. The number of carbonyl (C=O) groups excluding carboxylic acids is 1. The van der Waals surface area contributed by atoms with Crippen molar-refractivity contribution in [3.05, 3.63) is 23.3 Å². The third-order valence-electron chi connectivity index (χ3n) is 21.2. The Bertz CT molecular complexity index is 1500. The third-order valence-corrected chi connectivity index (χ3v) is 21.2. The molecule has 2 heteroatoms. The Hall–Kier alpha value is -1.05. The Morgan fingerprint density at radius 3 is 1.54 bits per heavy atom. The number of hydrogen-bond donors (Lipinski definition) is 0. The quantitative estimate of drug-likeness (QED) is 0.146. The van der Waals surface area contributed by atoms with Crippen molar-refractivity contribution in [2.24, 2.45) is 98.6 Å². The predicted molar refractivity (Wildman–Crippen MR) is 239 cm³/mol. The van der Waals surface area contributed by atoms with Gasteiger partial charge in [0.15, 0.2) is 0 Å². The number of hydrogen-bond acceptors (Lipinski definition) is 2. The zero-order valence-corrected chi connectivity index (χ0v) is 39.1. The van der Waals surface area contributed by atoms with Crippen molar-refractivity contribution in [2.45, 2.75) is 217 Å². The van der Waals surface area contributed by atoms with Gasteiger partial charge in [-0.2, -0.15) is 0 Å². The zero-order chi connectivity index (χ0) is 40.5. The van der Waals surface area contributed by atoms with Crippen LogP contribution in [0.3, 0.4) is 0 Å². The van der Waals surface area contributed by atoms with Gasteiger partial charge in [0.1, 0.15) is 6.10 Å². The second-order valence-corrected chi connectivity index (χ2v) is 24.8. The molecule has 6 saturated carbocycles. The molecule has 0 bridgehead atoms. The molecule has 0 aliphatic heterocycles. The second-order valence-electron chi connectivity index (χ2n) is 24.8. The number of fused-ring (bicyclic) bond motifs is 10. The molecule has 0 aromatic heterocycles. The van der Waals surface area contributed by atoms with Gasteiger partial charge in [-0.25, -0.2) is 0 Å². The molecule has 0 amide bonds. The highest BCUT2D eigenvalue weighted by molar-refractivity contribution is 5.73. The van der Waals surface area contributed by atoms with E-state index < -0.39 is 0 Å². The maximum absolute atomic E-state index is 14.1. The molecular weight excluding hydrogens is 693 g/mol. The molecule has 0 aromatic rings. The van der Waals surface area contributed by atoms with E-state index in [4.69, 9.17) is 4.74 Å². The molecule has 322 valence electrons. The molecule has 2 nitrogen and oxygen atoms in total. The van der Waals surface area contributed by atoms with Gasteiger partial charge >= 0.3 is 5.97 Å². The van der Waals surface area contributed by atoms with Crippen molar-refractivity contribution in [3.63, 3.8) is 0 Å². The smallest absolute Gasteiger partial charge is 0.309 e. The summed E-state index contributed by atoms with van der Waals surface area (Å²) in [5.74, 6) is 10.6. The SMILES string of the molecule is CC(C)CCC[C@@H](C)[C@H]1CC[C@H]2[C@@H]3CC=C4C[C@@H](OC(=O)[C@H]5CC[C@@]6(C)C(=CC[C@H]7[C@@H]8CC[C@H]([C@H](C)CCCC(C)C)[C@@]8(C)CC[C@@H]76)C5)CC[C@]4(C)[C@H]3CC[C@]12C. The Morgan fingerprint density at radius 2 is 1.05 bits per heavy atom. The maximum Gasteiger partial charge on any atom is 0.309 e. The molecule has 0 heterocycles. The van der Waals surface area contributed by atoms with E-state index in [1.54, 1.807) is 11.1 Å². The summed E-state index contributed by atoms with van der Waals surface area (Å²) in [6.45, 7) is 25.5. The highest BCUT2D eigenvalue weighted by Crippen LogP contribution is 2.69. The first-order chi connectivity index (χ1) is 27.1. The standard InChI is InChI=1S/C55H90O2/c1-35(2)13-11-15-37(5)45-21-23-47-43-19-17-40-33-39(25-29-52(40,7)49(43)27-31-54(45,47)9)51(56)57-42-26-30-53(8)41(34-42)18-20-44-48-24-22-46(38(6)16-12-14-36(3)4)55(48,10)32-28-50(44)53/h17-18,35-39,42-50H,11-16,19-34H2,1-10H3/t37-,38-,39+,42+,43+,44+,45-,46-,47+,48+,49+,50+,52+,53+,54-,55-/m1/s1. The monoisotopic (exact) mass is 783 g/mol. The van der Waals surface area contributed by atoms with Crippen LogP contribution in [0.15, 0.2) is 23.3 Å². The number of rotatable bonds is 12. The molecule has 0 aromatic carbocycles. The second kappa shape index (κ2) is 16.3. The van der Waals surface area contributed by atoms with Crippen molar-refractivity contribution in [1.29, 1.82) is 0 Å². The summed E-state index contributed by atoms with van der Waals surface area (Å²) in [6, 6.07) is 0. The number of carbonyl (C=O) groups is 1. The van der Waals surface area contributed by atoms with Gasteiger partial charge in [-0.05, 0) is 189 Å². The molecular formula is C55H90O2. The lowest BCUT2D eigenvalue weighted by atomic mass is 9.46. The number of ether oxygens (including phenoxy) is 1. The van der Waals surface area contributed by atoms with E-state index in [-0.39, 0.29) is 18.0 Å². The van der Waals surface area contributed by atoms with E-state index in [0.717, 1.165) is 96.7 Å². The summed E-state index contributed by atoms with van der Waals surface area (Å²) in [7, 11) is 0. The maximum atomic E-state index is 14.1. The molecule has 0 N–H and O–H groups in total. The molecule has 57 heavy (non-hydrogen) atoms. The van der Waals surface area contributed by atoms with Crippen LogP contribution in [-0.4, -0.2) is 12.1 Å². The average Bonchev–Trinajstić information content (AvgIpc) is 3.71. The minimum atomic E-state index is 0.0643.